The molecule has 0 aliphatic rings. The quantitative estimate of drug-likeness (QED) is 0.548. The van der Waals surface area contributed by atoms with Crippen molar-refractivity contribution in [3.8, 4) is 0 Å². The Balaban J connectivity index is 1.85. The van der Waals surface area contributed by atoms with Gasteiger partial charge in [0.2, 0.25) is 11.8 Å². The van der Waals surface area contributed by atoms with Gasteiger partial charge in [0.05, 0.1) is 5.75 Å². The van der Waals surface area contributed by atoms with Crippen LogP contribution in [0, 0.1) is 0 Å². The molecule has 0 radical (unpaired) electrons. The van der Waals surface area contributed by atoms with Gasteiger partial charge in [-0.3, -0.25) is 9.59 Å². The number of aryl methyl sites for hydroxylation is 1. The van der Waals surface area contributed by atoms with E-state index in [4.69, 9.17) is 5.73 Å². The van der Waals surface area contributed by atoms with Crippen LogP contribution in [-0.4, -0.2) is 29.7 Å². The zero-order chi connectivity index (χ0) is 19.6. The summed E-state index contributed by atoms with van der Waals surface area (Å²) >= 11 is 1.36. The minimum atomic E-state index is -0.389. The number of benzene rings is 2. The number of anilines is 1. The van der Waals surface area contributed by atoms with Crippen LogP contribution in [0.25, 0.3) is 0 Å². The summed E-state index contributed by atoms with van der Waals surface area (Å²) in [7, 11) is 0. The van der Waals surface area contributed by atoms with E-state index in [-0.39, 0.29) is 29.7 Å². The Hall–Kier alpha value is -2.47. The molecule has 6 heteroatoms. The average Bonchev–Trinajstić information content (AvgIpc) is 2.66. The Morgan fingerprint density at radius 1 is 1.04 bits per heavy atom. The lowest BCUT2D eigenvalue weighted by atomic mass is 10.1. The Morgan fingerprint density at radius 3 is 2.41 bits per heavy atom. The summed E-state index contributed by atoms with van der Waals surface area (Å²) < 4.78 is 0. The van der Waals surface area contributed by atoms with Crippen LogP contribution >= 0.6 is 11.8 Å². The molecule has 0 unspecified atom stereocenters. The molecule has 0 aromatic heterocycles. The number of primary amides is 1. The van der Waals surface area contributed by atoms with E-state index in [2.05, 4.69) is 22.8 Å². The summed E-state index contributed by atoms with van der Waals surface area (Å²) in [6, 6.07) is 17.5. The van der Waals surface area contributed by atoms with Crippen LogP contribution < -0.4 is 16.4 Å². The van der Waals surface area contributed by atoms with Gasteiger partial charge in [-0.1, -0.05) is 42.5 Å². The summed E-state index contributed by atoms with van der Waals surface area (Å²) in [5, 5.41) is 6.29. The van der Waals surface area contributed by atoms with Crippen molar-refractivity contribution in [2.75, 3.05) is 11.1 Å². The fourth-order valence-electron chi connectivity index (χ4n) is 2.63. The maximum absolute atomic E-state index is 12.5. The molecule has 0 fully saturated rings. The number of rotatable bonds is 10. The molecular formula is C21H27N3O2S. The van der Waals surface area contributed by atoms with Gasteiger partial charge in [0.25, 0.3) is 0 Å². The van der Waals surface area contributed by atoms with Crippen LogP contribution in [0.3, 0.4) is 0 Å². The molecule has 0 heterocycles. The minimum Gasteiger partial charge on any atom is -0.373 e. The third kappa shape index (κ3) is 7.35. The first kappa shape index (κ1) is 20.8. The molecule has 27 heavy (non-hydrogen) atoms. The van der Waals surface area contributed by atoms with Crippen molar-refractivity contribution in [1.29, 1.82) is 0 Å². The highest BCUT2D eigenvalue weighted by molar-refractivity contribution is 8.00. The second-order valence-corrected chi connectivity index (χ2v) is 7.57. The fourth-order valence-corrected chi connectivity index (χ4v) is 3.38. The number of para-hydroxylation sites is 1. The van der Waals surface area contributed by atoms with Gasteiger partial charge in [0.15, 0.2) is 0 Å². The van der Waals surface area contributed by atoms with Crippen molar-refractivity contribution in [1.82, 2.24) is 5.32 Å². The van der Waals surface area contributed by atoms with E-state index in [1.165, 1.54) is 17.3 Å². The largest absolute Gasteiger partial charge is 0.373 e. The predicted octanol–water partition coefficient (Wildman–Crippen LogP) is 3.20. The SMILES string of the molecule is C[C@H](CCc1ccccc1)NC(=O)[C@H](C)Nc1ccccc1SCC(N)=O. The fraction of sp³-hybridized carbons (Fsp3) is 0.333. The first-order chi connectivity index (χ1) is 13.0. The summed E-state index contributed by atoms with van der Waals surface area (Å²) in [5.74, 6) is -0.214. The standard InChI is InChI=1S/C21H27N3O2S/c1-15(12-13-17-8-4-3-5-9-17)23-21(26)16(2)24-18-10-6-7-11-19(18)27-14-20(22)25/h3-11,15-16,24H,12-14H2,1-2H3,(H2,22,25)(H,23,26)/t15-,16+/m1/s1. The predicted molar refractivity (Wildman–Crippen MR) is 112 cm³/mol. The average molecular weight is 386 g/mol. The molecule has 0 spiro atoms. The van der Waals surface area contributed by atoms with Gasteiger partial charge in [-0.25, -0.2) is 0 Å². The molecule has 0 aliphatic carbocycles. The van der Waals surface area contributed by atoms with E-state index < -0.39 is 0 Å². The van der Waals surface area contributed by atoms with Gasteiger partial charge >= 0.3 is 0 Å². The van der Waals surface area contributed by atoms with Crippen LogP contribution in [0.1, 0.15) is 25.8 Å². The smallest absolute Gasteiger partial charge is 0.242 e. The number of carbonyl (C=O) groups is 2. The number of thioether (sulfide) groups is 1. The Morgan fingerprint density at radius 2 is 1.70 bits per heavy atom. The molecule has 2 rings (SSSR count). The van der Waals surface area contributed by atoms with E-state index in [9.17, 15) is 9.59 Å². The van der Waals surface area contributed by atoms with Crippen molar-refractivity contribution in [2.45, 2.75) is 43.7 Å². The Kier molecular flexibility index (Phi) is 8.20. The third-order valence-corrected chi connectivity index (χ3v) is 5.22. The van der Waals surface area contributed by atoms with E-state index in [1.54, 1.807) is 0 Å². The van der Waals surface area contributed by atoms with Gasteiger partial charge in [-0.05, 0) is 44.4 Å². The number of hydrogen-bond acceptors (Lipinski definition) is 4. The van der Waals surface area contributed by atoms with Crippen molar-refractivity contribution in [3.63, 3.8) is 0 Å². The number of amides is 2. The van der Waals surface area contributed by atoms with E-state index in [0.29, 0.717) is 0 Å². The normalized spacial score (nSPS) is 12.8. The summed E-state index contributed by atoms with van der Waals surface area (Å²) in [6.45, 7) is 3.85. The highest BCUT2D eigenvalue weighted by atomic mass is 32.2. The molecule has 2 atom stereocenters. The molecule has 4 N–H and O–H groups in total. The zero-order valence-electron chi connectivity index (χ0n) is 15.8. The van der Waals surface area contributed by atoms with E-state index >= 15 is 0 Å². The van der Waals surface area contributed by atoms with Gasteiger partial charge in [-0.2, -0.15) is 0 Å². The van der Waals surface area contributed by atoms with Gasteiger partial charge < -0.3 is 16.4 Å². The Bertz CT molecular complexity index is 752. The number of nitrogens with two attached hydrogens (primary N) is 1. The molecule has 144 valence electrons. The molecule has 2 aromatic carbocycles. The van der Waals surface area contributed by atoms with Crippen LogP contribution in [0.4, 0.5) is 5.69 Å². The number of nitrogens with one attached hydrogen (secondary N) is 2. The zero-order valence-corrected chi connectivity index (χ0v) is 16.6. The maximum Gasteiger partial charge on any atom is 0.242 e. The molecular weight excluding hydrogens is 358 g/mol. The number of carbonyl (C=O) groups excluding carboxylic acids is 2. The minimum absolute atomic E-state index is 0.0507. The molecule has 2 aromatic rings. The molecule has 5 nitrogen and oxygen atoms in total. The lowest BCUT2D eigenvalue weighted by molar-refractivity contribution is -0.122. The highest BCUT2D eigenvalue weighted by Crippen LogP contribution is 2.27. The monoisotopic (exact) mass is 385 g/mol. The molecule has 0 bridgehead atoms. The summed E-state index contributed by atoms with van der Waals surface area (Å²) in [6.07, 6.45) is 1.81. The van der Waals surface area contributed by atoms with Crippen LogP contribution in [-0.2, 0) is 16.0 Å². The lowest BCUT2D eigenvalue weighted by Gasteiger charge is -2.20. The molecule has 0 aliphatic heterocycles. The van der Waals surface area contributed by atoms with Crippen LogP contribution in [0.15, 0.2) is 59.5 Å². The second-order valence-electron chi connectivity index (χ2n) is 6.55. The Labute approximate surface area is 165 Å². The summed E-state index contributed by atoms with van der Waals surface area (Å²) in [5.41, 5.74) is 7.31. The van der Waals surface area contributed by atoms with Crippen LogP contribution in [0.5, 0.6) is 0 Å². The highest BCUT2D eigenvalue weighted by Gasteiger charge is 2.16. The topological polar surface area (TPSA) is 84.2 Å². The van der Waals surface area contributed by atoms with Crippen molar-refractivity contribution in [2.24, 2.45) is 5.73 Å². The van der Waals surface area contributed by atoms with Gasteiger partial charge in [-0.15, -0.1) is 11.8 Å². The second kappa shape index (κ2) is 10.6. The van der Waals surface area contributed by atoms with Gasteiger partial charge in [0, 0.05) is 16.6 Å². The van der Waals surface area contributed by atoms with Crippen molar-refractivity contribution < 1.29 is 9.59 Å². The van der Waals surface area contributed by atoms with Crippen molar-refractivity contribution >= 4 is 29.3 Å². The summed E-state index contributed by atoms with van der Waals surface area (Å²) in [4.78, 5) is 24.4. The maximum atomic E-state index is 12.5. The first-order valence-corrected chi connectivity index (χ1v) is 10.0. The molecule has 0 saturated heterocycles. The van der Waals surface area contributed by atoms with Crippen molar-refractivity contribution in [3.05, 3.63) is 60.2 Å². The van der Waals surface area contributed by atoms with E-state index in [0.717, 1.165) is 23.4 Å². The molecule has 2 amide bonds. The molecule has 0 saturated carbocycles. The number of hydrogen-bond donors (Lipinski definition) is 3. The van der Waals surface area contributed by atoms with E-state index in [1.807, 2.05) is 56.3 Å². The van der Waals surface area contributed by atoms with Gasteiger partial charge in [0.1, 0.15) is 6.04 Å². The van der Waals surface area contributed by atoms with Crippen LogP contribution in [0.2, 0.25) is 0 Å². The first-order valence-electron chi connectivity index (χ1n) is 9.06. The third-order valence-electron chi connectivity index (χ3n) is 4.12. The lowest BCUT2D eigenvalue weighted by Crippen LogP contribution is -2.42.